The number of benzene rings is 1. The molecule has 1 aromatic carbocycles. The van der Waals surface area contributed by atoms with Crippen molar-refractivity contribution in [1.82, 2.24) is 14.9 Å². The van der Waals surface area contributed by atoms with Gasteiger partial charge in [-0.1, -0.05) is 46.4 Å². The molecule has 1 aliphatic rings. The summed E-state index contributed by atoms with van der Waals surface area (Å²) in [6.45, 7) is 0. The number of carboxylic acids is 1. The van der Waals surface area contributed by atoms with Gasteiger partial charge in [0, 0.05) is 18.3 Å². The molecule has 2 heterocycles. The van der Waals surface area contributed by atoms with Crippen molar-refractivity contribution in [3.63, 3.8) is 0 Å². The Labute approximate surface area is 160 Å². The molecule has 7 nitrogen and oxygen atoms in total. The molecular weight excluding hydrogens is 416 g/mol. The van der Waals surface area contributed by atoms with E-state index >= 15 is 0 Å². The van der Waals surface area contributed by atoms with Crippen molar-refractivity contribution in [2.75, 3.05) is 0 Å². The van der Waals surface area contributed by atoms with Gasteiger partial charge in [0.05, 0.1) is 37.5 Å². The SMILES string of the molecule is O=C(O)[C@H](Cc1cnc[nH]1)N1C(=O)c2c(Cl)c(Cl)c(Cl)c(Cl)c2C1=O. The fraction of sp³-hybridized carbons (Fsp3) is 0.143. The lowest BCUT2D eigenvalue weighted by Crippen LogP contribution is -2.46. The quantitative estimate of drug-likeness (QED) is 0.446. The van der Waals surface area contributed by atoms with Crippen LogP contribution in [0.5, 0.6) is 0 Å². The normalized spacial score (nSPS) is 14.8. The Bertz CT molecular complexity index is 867. The maximum Gasteiger partial charge on any atom is 0.327 e. The van der Waals surface area contributed by atoms with E-state index in [-0.39, 0.29) is 37.6 Å². The van der Waals surface area contributed by atoms with E-state index in [4.69, 9.17) is 46.4 Å². The monoisotopic (exact) mass is 421 g/mol. The van der Waals surface area contributed by atoms with Crippen LogP contribution in [-0.4, -0.2) is 43.8 Å². The number of nitrogens with one attached hydrogen (secondary N) is 1. The number of fused-ring (bicyclic) bond motifs is 1. The van der Waals surface area contributed by atoms with Gasteiger partial charge in [0.25, 0.3) is 11.8 Å². The first-order valence-corrected chi connectivity index (χ1v) is 8.20. The molecule has 0 bridgehead atoms. The van der Waals surface area contributed by atoms with Crippen LogP contribution in [0.4, 0.5) is 0 Å². The fourth-order valence-electron chi connectivity index (χ4n) is 2.54. The molecule has 0 fully saturated rings. The molecular formula is C14H7Cl4N3O4. The number of carbonyl (C=O) groups excluding carboxylic acids is 2. The number of carboxylic acid groups (broad SMARTS) is 1. The number of imidazole rings is 1. The summed E-state index contributed by atoms with van der Waals surface area (Å²) >= 11 is 23.9. The summed E-state index contributed by atoms with van der Waals surface area (Å²) in [6, 6.07) is -1.49. The molecule has 3 rings (SSSR count). The van der Waals surface area contributed by atoms with Crippen LogP contribution in [0.25, 0.3) is 0 Å². The third-order valence-corrected chi connectivity index (χ3v) is 5.50. The van der Waals surface area contributed by atoms with Gasteiger partial charge in [0.15, 0.2) is 0 Å². The Kier molecular flexibility index (Phi) is 4.68. The lowest BCUT2D eigenvalue weighted by atomic mass is 10.1. The summed E-state index contributed by atoms with van der Waals surface area (Å²) in [7, 11) is 0. The van der Waals surface area contributed by atoms with E-state index in [1.165, 1.54) is 12.5 Å². The first kappa shape index (κ1) is 18.0. The highest BCUT2D eigenvalue weighted by molar-refractivity contribution is 6.55. The lowest BCUT2D eigenvalue weighted by molar-refractivity contribution is -0.141. The van der Waals surface area contributed by atoms with Gasteiger partial charge in [-0.05, 0) is 0 Å². The molecule has 1 atom stereocenters. The van der Waals surface area contributed by atoms with Crippen molar-refractivity contribution in [2.24, 2.45) is 0 Å². The number of H-pyrrole nitrogens is 1. The number of imide groups is 1. The molecule has 0 radical (unpaired) electrons. The van der Waals surface area contributed by atoms with Gasteiger partial charge >= 0.3 is 5.97 Å². The lowest BCUT2D eigenvalue weighted by Gasteiger charge is -2.21. The molecule has 0 unspecified atom stereocenters. The second kappa shape index (κ2) is 6.49. The number of rotatable bonds is 4. The molecule has 2 aromatic rings. The Hall–Kier alpha value is -1.80. The van der Waals surface area contributed by atoms with Gasteiger partial charge in [0.2, 0.25) is 0 Å². The van der Waals surface area contributed by atoms with E-state index in [0.29, 0.717) is 10.6 Å². The zero-order chi connectivity index (χ0) is 18.5. The summed E-state index contributed by atoms with van der Waals surface area (Å²) in [5.74, 6) is -3.19. The standard InChI is InChI=1S/C14H7Cl4N3O4/c15-8-6-7(9(16)11(18)10(8)17)13(23)21(12(6)22)5(14(24)25)1-4-2-19-3-20-4/h2-3,5H,1H2,(H,19,20)(H,24,25)/t5-/m0/s1. The smallest absolute Gasteiger partial charge is 0.327 e. The topological polar surface area (TPSA) is 103 Å². The number of aliphatic carboxylic acids is 1. The maximum absolute atomic E-state index is 12.7. The Morgan fingerprint density at radius 3 is 2.00 bits per heavy atom. The molecule has 130 valence electrons. The summed E-state index contributed by atoms with van der Waals surface area (Å²) in [5, 5.41) is 8.62. The number of aromatic nitrogens is 2. The fourth-order valence-corrected chi connectivity index (χ4v) is 3.56. The third-order valence-electron chi connectivity index (χ3n) is 3.70. The Balaban J connectivity index is 2.11. The van der Waals surface area contributed by atoms with Crippen LogP contribution in [-0.2, 0) is 11.2 Å². The van der Waals surface area contributed by atoms with E-state index in [1.807, 2.05) is 0 Å². The predicted octanol–water partition coefficient (Wildman–Crippen LogP) is 3.32. The highest BCUT2D eigenvalue weighted by Crippen LogP contribution is 2.45. The second-order valence-electron chi connectivity index (χ2n) is 5.12. The molecule has 2 amide bonds. The van der Waals surface area contributed by atoms with E-state index in [2.05, 4.69) is 9.97 Å². The summed E-state index contributed by atoms with van der Waals surface area (Å²) in [4.78, 5) is 44.1. The van der Waals surface area contributed by atoms with Crippen molar-refractivity contribution in [3.05, 3.63) is 49.4 Å². The van der Waals surface area contributed by atoms with Gasteiger partial charge < -0.3 is 10.1 Å². The number of hydrogen-bond donors (Lipinski definition) is 2. The largest absolute Gasteiger partial charge is 0.480 e. The van der Waals surface area contributed by atoms with Gasteiger partial charge in [-0.15, -0.1) is 0 Å². The van der Waals surface area contributed by atoms with Crippen molar-refractivity contribution in [1.29, 1.82) is 0 Å². The second-order valence-corrected chi connectivity index (χ2v) is 6.63. The molecule has 1 aromatic heterocycles. The Morgan fingerprint density at radius 1 is 1.08 bits per heavy atom. The number of aromatic amines is 1. The van der Waals surface area contributed by atoms with E-state index in [1.54, 1.807) is 0 Å². The number of halogens is 4. The molecule has 1 aliphatic heterocycles. The molecule has 0 aliphatic carbocycles. The van der Waals surface area contributed by atoms with Gasteiger partial charge in [-0.2, -0.15) is 0 Å². The van der Waals surface area contributed by atoms with Crippen LogP contribution in [0.3, 0.4) is 0 Å². The van der Waals surface area contributed by atoms with Crippen molar-refractivity contribution < 1.29 is 19.5 Å². The average molecular weight is 423 g/mol. The van der Waals surface area contributed by atoms with Crippen molar-refractivity contribution in [3.8, 4) is 0 Å². The zero-order valence-electron chi connectivity index (χ0n) is 12.0. The van der Waals surface area contributed by atoms with Crippen LogP contribution in [0.15, 0.2) is 12.5 Å². The van der Waals surface area contributed by atoms with E-state index in [9.17, 15) is 19.5 Å². The van der Waals surface area contributed by atoms with Crippen LogP contribution >= 0.6 is 46.4 Å². The third kappa shape index (κ3) is 2.77. The minimum Gasteiger partial charge on any atom is -0.480 e. The summed E-state index contributed by atoms with van der Waals surface area (Å²) in [5.41, 5.74) is -0.0962. The zero-order valence-corrected chi connectivity index (χ0v) is 15.0. The molecule has 2 N–H and O–H groups in total. The summed E-state index contributed by atoms with van der Waals surface area (Å²) < 4.78 is 0. The van der Waals surface area contributed by atoms with Crippen LogP contribution < -0.4 is 0 Å². The van der Waals surface area contributed by atoms with Crippen LogP contribution in [0.2, 0.25) is 20.1 Å². The first-order valence-electron chi connectivity index (χ1n) is 6.69. The Morgan fingerprint density at radius 2 is 1.60 bits per heavy atom. The maximum atomic E-state index is 12.7. The molecule has 0 saturated carbocycles. The first-order chi connectivity index (χ1) is 11.8. The molecule has 0 spiro atoms. The summed E-state index contributed by atoms with van der Waals surface area (Å²) in [6.07, 6.45) is 2.57. The average Bonchev–Trinajstić information content (AvgIpc) is 3.15. The number of carbonyl (C=O) groups is 3. The van der Waals surface area contributed by atoms with Crippen molar-refractivity contribution >= 4 is 64.2 Å². The minimum absolute atomic E-state index is 0.169. The number of nitrogens with zero attached hydrogens (tertiary/aromatic N) is 2. The van der Waals surface area contributed by atoms with Crippen LogP contribution in [0, 0.1) is 0 Å². The van der Waals surface area contributed by atoms with Gasteiger partial charge in [-0.25, -0.2) is 9.78 Å². The number of hydrogen-bond acceptors (Lipinski definition) is 4. The van der Waals surface area contributed by atoms with Gasteiger partial charge in [0.1, 0.15) is 6.04 Å². The highest BCUT2D eigenvalue weighted by Gasteiger charge is 2.46. The van der Waals surface area contributed by atoms with Crippen molar-refractivity contribution in [2.45, 2.75) is 12.5 Å². The molecule has 25 heavy (non-hydrogen) atoms. The van der Waals surface area contributed by atoms with Crippen LogP contribution in [0.1, 0.15) is 26.4 Å². The molecule has 0 saturated heterocycles. The minimum atomic E-state index is -1.49. The number of amides is 2. The predicted molar refractivity (Wildman–Crippen MR) is 90.7 cm³/mol. The van der Waals surface area contributed by atoms with Gasteiger partial charge in [-0.3, -0.25) is 14.5 Å². The van der Waals surface area contributed by atoms with E-state index in [0.717, 1.165) is 0 Å². The highest BCUT2D eigenvalue weighted by atomic mass is 35.5. The van der Waals surface area contributed by atoms with E-state index < -0.39 is 23.8 Å². The molecule has 11 heteroatoms.